The number of nitrogens with one attached hydrogen (secondary N) is 2. The Bertz CT molecular complexity index is 869. The van der Waals surface area contributed by atoms with Gasteiger partial charge >= 0.3 is 12.1 Å². The molecule has 2 N–H and O–H groups in total. The predicted molar refractivity (Wildman–Crippen MR) is 88.6 cm³/mol. The Morgan fingerprint density at radius 2 is 1.72 bits per heavy atom. The number of rotatable bonds is 2. The zero-order valence-corrected chi connectivity index (χ0v) is 15.0. The zero-order valence-electron chi connectivity index (χ0n) is 15.0. The van der Waals surface area contributed by atoms with Gasteiger partial charge in [0.05, 0.1) is 6.20 Å². The summed E-state index contributed by atoms with van der Waals surface area (Å²) in [4.78, 5) is 42.1. The van der Waals surface area contributed by atoms with Crippen LogP contribution >= 0.6 is 0 Å². The minimum Gasteiger partial charge on any atom is -0.454 e. The summed E-state index contributed by atoms with van der Waals surface area (Å²) < 4.78 is 11.4. The minimum atomic E-state index is -0.753. The van der Waals surface area contributed by atoms with Gasteiger partial charge in [0.1, 0.15) is 17.0 Å². The molecule has 0 fully saturated rings. The van der Waals surface area contributed by atoms with Gasteiger partial charge in [-0.1, -0.05) is 0 Å². The van der Waals surface area contributed by atoms with Gasteiger partial charge in [-0.3, -0.25) is 10.1 Å². The van der Waals surface area contributed by atoms with E-state index in [2.05, 4.69) is 20.4 Å². The molecule has 0 unspecified atom stereocenters. The van der Waals surface area contributed by atoms with Crippen LogP contribution in [0, 0.1) is 0 Å². The zero-order chi connectivity index (χ0) is 19.0. The van der Waals surface area contributed by atoms with Crippen LogP contribution in [0.1, 0.15) is 52.2 Å². The molecule has 0 saturated heterocycles. The van der Waals surface area contributed by atoms with Crippen molar-refractivity contribution < 1.29 is 19.1 Å². The topological polar surface area (TPSA) is 128 Å². The molecule has 1 amide bonds. The lowest BCUT2D eigenvalue weighted by Crippen LogP contribution is -2.28. The van der Waals surface area contributed by atoms with Crippen molar-refractivity contribution in [3.05, 3.63) is 22.4 Å². The van der Waals surface area contributed by atoms with Gasteiger partial charge in [-0.25, -0.2) is 14.1 Å². The van der Waals surface area contributed by atoms with Crippen LogP contribution in [-0.2, 0) is 9.47 Å². The van der Waals surface area contributed by atoms with E-state index >= 15 is 0 Å². The van der Waals surface area contributed by atoms with Crippen LogP contribution in [0.25, 0.3) is 5.65 Å². The maximum atomic E-state index is 12.1. The third-order valence-corrected chi connectivity index (χ3v) is 2.55. The highest BCUT2D eigenvalue weighted by molar-refractivity contribution is 5.86. The van der Waals surface area contributed by atoms with Crippen molar-refractivity contribution in [2.24, 2.45) is 0 Å². The van der Waals surface area contributed by atoms with Crippen molar-refractivity contribution in [1.82, 2.24) is 19.6 Å². The number of hydrogen-bond acceptors (Lipinski definition) is 7. The Morgan fingerprint density at radius 3 is 2.28 bits per heavy atom. The first-order valence-electron chi connectivity index (χ1n) is 7.57. The molecule has 2 rings (SSSR count). The quantitative estimate of drug-likeness (QED) is 0.788. The number of anilines is 1. The molecule has 0 saturated carbocycles. The van der Waals surface area contributed by atoms with Crippen molar-refractivity contribution in [2.45, 2.75) is 52.7 Å². The van der Waals surface area contributed by atoms with Crippen LogP contribution in [0.4, 0.5) is 10.6 Å². The average molecular weight is 351 g/mol. The monoisotopic (exact) mass is 351 g/mol. The summed E-state index contributed by atoms with van der Waals surface area (Å²) in [5.41, 5.74) is -2.14. The summed E-state index contributed by atoms with van der Waals surface area (Å²) in [6, 6.07) is 0. The second kappa shape index (κ2) is 6.19. The summed E-state index contributed by atoms with van der Waals surface area (Å²) in [6.45, 7) is 10.2. The maximum Gasteiger partial charge on any atom is 0.413 e. The highest BCUT2D eigenvalue weighted by Gasteiger charge is 2.23. The van der Waals surface area contributed by atoms with Crippen LogP contribution in [0.3, 0.4) is 0 Å². The summed E-state index contributed by atoms with van der Waals surface area (Å²) in [7, 11) is 0. The molecule has 0 aliphatic rings. The second-order valence-electron chi connectivity index (χ2n) is 7.33. The summed E-state index contributed by atoms with van der Waals surface area (Å²) >= 11 is 0. The molecule has 2 aromatic rings. The molecule has 136 valence electrons. The van der Waals surface area contributed by atoms with E-state index in [9.17, 15) is 14.4 Å². The molecule has 0 bridgehead atoms. The van der Waals surface area contributed by atoms with E-state index in [0.29, 0.717) is 0 Å². The molecule has 0 aliphatic carbocycles. The van der Waals surface area contributed by atoms with Gasteiger partial charge in [0.25, 0.3) is 11.4 Å². The number of fused-ring (bicyclic) bond motifs is 1. The largest absolute Gasteiger partial charge is 0.454 e. The first-order chi connectivity index (χ1) is 11.3. The molecular weight excluding hydrogens is 330 g/mol. The fraction of sp³-hybridized carbons (Fsp3) is 0.533. The van der Waals surface area contributed by atoms with Gasteiger partial charge < -0.3 is 14.5 Å². The van der Waals surface area contributed by atoms with Crippen LogP contribution < -0.4 is 10.9 Å². The van der Waals surface area contributed by atoms with Gasteiger partial charge in [0.15, 0.2) is 0 Å². The lowest BCUT2D eigenvalue weighted by atomic mass is 10.2. The van der Waals surface area contributed by atoms with Crippen LogP contribution in [-0.4, -0.2) is 42.8 Å². The second-order valence-corrected chi connectivity index (χ2v) is 7.33. The molecule has 0 radical (unpaired) electrons. The lowest BCUT2D eigenvalue weighted by Gasteiger charge is -2.19. The molecule has 10 nitrogen and oxygen atoms in total. The smallest absolute Gasteiger partial charge is 0.413 e. The van der Waals surface area contributed by atoms with E-state index in [-0.39, 0.29) is 17.3 Å². The molecule has 2 aromatic heterocycles. The van der Waals surface area contributed by atoms with E-state index in [1.807, 2.05) is 0 Å². The number of aromatic amines is 1. The minimum absolute atomic E-state index is 0.0485. The Balaban J connectivity index is 2.28. The van der Waals surface area contributed by atoms with Crippen molar-refractivity contribution in [3.8, 4) is 0 Å². The molecule has 2 heterocycles. The van der Waals surface area contributed by atoms with Gasteiger partial charge in [-0.15, -0.1) is 5.10 Å². The summed E-state index contributed by atoms with van der Waals surface area (Å²) in [6.07, 6.45) is 0.566. The van der Waals surface area contributed by atoms with Crippen molar-refractivity contribution in [3.63, 3.8) is 0 Å². The third kappa shape index (κ3) is 5.03. The Labute approximate surface area is 143 Å². The van der Waals surface area contributed by atoms with Gasteiger partial charge in [-0.05, 0) is 41.5 Å². The first kappa shape index (κ1) is 18.4. The SMILES string of the molecule is CC(C)(C)OC(=O)Nc1cn2nc(C(=O)OC(C)(C)C)nc2c(=O)[nH]1. The van der Waals surface area contributed by atoms with Gasteiger partial charge in [-0.2, -0.15) is 4.98 Å². The number of H-pyrrole nitrogens is 1. The maximum absolute atomic E-state index is 12.1. The van der Waals surface area contributed by atoms with E-state index in [1.54, 1.807) is 41.5 Å². The molecule has 25 heavy (non-hydrogen) atoms. The van der Waals surface area contributed by atoms with E-state index in [0.717, 1.165) is 4.52 Å². The lowest BCUT2D eigenvalue weighted by molar-refractivity contribution is 0.00557. The fourth-order valence-corrected chi connectivity index (χ4v) is 1.79. The fourth-order valence-electron chi connectivity index (χ4n) is 1.79. The van der Waals surface area contributed by atoms with Crippen molar-refractivity contribution in [2.75, 3.05) is 5.32 Å². The number of nitrogens with zero attached hydrogens (tertiary/aromatic N) is 3. The highest BCUT2D eigenvalue weighted by Crippen LogP contribution is 2.12. The number of ether oxygens (including phenoxy) is 2. The standard InChI is InChI=1S/C15H21N5O5/c1-14(2,3)24-12(22)9-18-10-11(21)16-8(7-20(10)19-9)17-13(23)25-15(4,5)6/h7H,1-6H3,(H,16,21)(H,17,23). The van der Waals surface area contributed by atoms with Crippen molar-refractivity contribution in [1.29, 1.82) is 0 Å². The van der Waals surface area contributed by atoms with E-state index < -0.39 is 28.8 Å². The van der Waals surface area contributed by atoms with Crippen molar-refractivity contribution >= 4 is 23.5 Å². The molecule has 0 spiro atoms. The number of esters is 1. The molecular formula is C15H21N5O5. The van der Waals surface area contributed by atoms with E-state index in [1.165, 1.54) is 6.20 Å². The van der Waals surface area contributed by atoms with E-state index in [4.69, 9.17) is 9.47 Å². The summed E-state index contributed by atoms with van der Waals surface area (Å²) in [5, 5.41) is 6.31. The molecule has 0 aromatic carbocycles. The molecule has 0 aliphatic heterocycles. The van der Waals surface area contributed by atoms with Gasteiger partial charge in [0, 0.05) is 0 Å². The van der Waals surface area contributed by atoms with Gasteiger partial charge in [0.2, 0.25) is 5.65 Å². The number of carbonyl (C=O) groups is 2. The van der Waals surface area contributed by atoms with Crippen LogP contribution in [0.15, 0.2) is 11.0 Å². The molecule has 10 heteroatoms. The number of carbonyl (C=O) groups excluding carboxylic acids is 2. The Hall–Kier alpha value is -2.91. The average Bonchev–Trinajstić information content (AvgIpc) is 2.78. The highest BCUT2D eigenvalue weighted by atomic mass is 16.6. The summed E-state index contributed by atoms with van der Waals surface area (Å²) in [5.74, 6) is -0.959. The first-order valence-corrected chi connectivity index (χ1v) is 7.57. The van der Waals surface area contributed by atoms with Crippen LogP contribution in [0.2, 0.25) is 0 Å². The normalized spacial score (nSPS) is 12.1. The number of amides is 1. The number of aromatic nitrogens is 4. The third-order valence-electron chi connectivity index (χ3n) is 2.55. The Kier molecular flexibility index (Phi) is 4.56. The molecule has 0 atom stereocenters. The number of hydrogen-bond donors (Lipinski definition) is 2. The Morgan fingerprint density at radius 1 is 1.12 bits per heavy atom. The predicted octanol–water partition coefficient (Wildman–Crippen LogP) is 1.72. The van der Waals surface area contributed by atoms with Crippen LogP contribution in [0.5, 0.6) is 0 Å².